The van der Waals surface area contributed by atoms with Crippen LogP contribution in [0.3, 0.4) is 0 Å². The van der Waals surface area contributed by atoms with Crippen LogP contribution in [0.2, 0.25) is 5.02 Å². The van der Waals surface area contributed by atoms with Gasteiger partial charge in [0.15, 0.2) is 0 Å². The number of halogens is 1. The van der Waals surface area contributed by atoms with Crippen LogP contribution in [0.1, 0.15) is 20.8 Å². The van der Waals surface area contributed by atoms with Gasteiger partial charge in [-0.1, -0.05) is 11.6 Å². The van der Waals surface area contributed by atoms with E-state index in [1.165, 1.54) is 6.07 Å². The van der Waals surface area contributed by atoms with Gasteiger partial charge in [-0.3, -0.25) is 0 Å². The van der Waals surface area contributed by atoms with Gasteiger partial charge in [-0.25, -0.2) is 23.3 Å². The first-order valence-electron chi connectivity index (χ1n) is 7.97. The summed E-state index contributed by atoms with van der Waals surface area (Å²) >= 11 is 6.03. The maximum Gasteiger partial charge on any atom is 0.410 e. The maximum atomic E-state index is 12.1. The topological polar surface area (TPSA) is 124 Å². The Kier molecular flexibility index (Phi) is 6.33. The number of morpholine rings is 1. The zero-order valence-electron chi connectivity index (χ0n) is 14.9. The summed E-state index contributed by atoms with van der Waals surface area (Å²) in [6, 6.07) is 1.22. The molecule has 1 amide bonds. The molecule has 1 aliphatic heterocycles. The van der Waals surface area contributed by atoms with Gasteiger partial charge < -0.3 is 19.7 Å². The second-order valence-electron chi connectivity index (χ2n) is 6.85. The number of amides is 1. The van der Waals surface area contributed by atoms with E-state index in [1.54, 1.807) is 4.90 Å². The number of carbonyl (C=O) groups excluding carboxylic acids is 1. The third-order valence-corrected chi connectivity index (χ3v) is 4.60. The average molecular weight is 407 g/mol. The van der Waals surface area contributed by atoms with Crippen molar-refractivity contribution in [2.45, 2.75) is 37.4 Å². The standard InChI is InChI=1S/C15H23ClN4O5S/c1-15(2,3)25-14(21)20-4-5-24-10(9-20)7-18-13-12(16)6-11(8-19-13)26(17,22)23/h6,8,10H,4-5,7,9H2,1-3H3,(H,18,19)(H2,17,22,23)/t10-/m1/s1. The summed E-state index contributed by atoms with van der Waals surface area (Å²) in [7, 11) is -3.87. The van der Waals surface area contributed by atoms with Crippen molar-refractivity contribution < 1.29 is 22.7 Å². The molecular formula is C15H23ClN4O5S. The van der Waals surface area contributed by atoms with Crippen LogP contribution < -0.4 is 10.5 Å². The average Bonchev–Trinajstić information content (AvgIpc) is 2.51. The van der Waals surface area contributed by atoms with Crippen molar-refractivity contribution in [3.8, 4) is 0 Å². The molecule has 0 saturated carbocycles. The predicted molar refractivity (Wildman–Crippen MR) is 96.7 cm³/mol. The highest BCUT2D eigenvalue weighted by atomic mass is 35.5. The number of rotatable bonds is 4. The van der Waals surface area contributed by atoms with Crippen molar-refractivity contribution in [1.29, 1.82) is 0 Å². The van der Waals surface area contributed by atoms with Gasteiger partial charge in [-0.2, -0.15) is 0 Å². The fourth-order valence-corrected chi connectivity index (χ4v) is 3.03. The number of primary sulfonamides is 1. The van der Waals surface area contributed by atoms with Crippen molar-refractivity contribution in [3.63, 3.8) is 0 Å². The Balaban J connectivity index is 1.94. The molecule has 1 aromatic heterocycles. The van der Waals surface area contributed by atoms with Gasteiger partial charge in [0.25, 0.3) is 0 Å². The van der Waals surface area contributed by atoms with Gasteiger partial charge in [0.2, 0.25) is 10.0 Å². The summed E-state index contributed by atoms with van der Waals surface area (Å²) in [6.45, 7) is 6.95. The number of aromatic nitrogens is 1. The van der Waals surface area contributed by atoms with E-state index in [-0.39, 0.29) is 22.1 Å². The van der Waals surface area contributed by atoms with E-state index < -0.39 is 15.6 Å². The van der Waals surface area contributed by atoms with Gasteiger partial charge in [0, 0.05) is 19.3 Å². The van der Waals surface area contributed by atoms with Crippen LogP contribution in [0.25, 0.3) is 0 Å². The second-order valence-corrected chi connectivity index (χ2v) is 8.82. The third kappa shape index (κ3) is 5.97. The smallest absolute Gasteiger partial charge is 0.410 e. The molecule has 3 N–H and O–H groups in total. The quantitative estimate of drug-likeness (QED) is 0.774. The molecule has 11 heteroatoms. The highest BCUT2D eigenvalue weighted by molar-refractivity contribution is 7.89. The molecule has 9 nitrogen and oxygen atoms in total. The SMILES string of the molecule is CC(C)(C)OC(=O)N1CCO[C@H](CNc2ncc(S(N)(=O)=O)cc2Cl)C1. The number of hydrogen-bond donors (Lipinski definition) is 2. The number of nitrogens with one attached hydrogen (secondary N) is 1. The molecule has 1 aromatic rings. The zero-order chi connectivity index (χ0) is 19.5. The summed E-state index contributed by atoms with van der Waals surface area (Å²) in [5.41, 5.74) is -0.564. The fraction of sp³-hybridized carbons (Fsp3) is 0.600. The Labute approximate surface area is 157 Å². The Hall–Kier alpha value is -1.62. The van der Waals surface area contributed by atoms with E-state index in [1.807, 2.05) is 20.8 Å². The van der Waals surface area contributed by atoms with Crippen molar-refractivity contribution in [3.05, 3.63) is 17.3 Å². The Morgan fingerprint density at radius 2 is 2.23 bits per heavy atom. The zero-order valence-corrected chi connectivity index (χ0v) is 16.4. The number of pyridine rings is 1. The summed E-state index contributed by atoms with van der Waals surface area (Å²) in [5, 5.41) is 8.15. The summed E-state index contributed by atoms with van der Waals surface area (Å²) in [4.78, 5) is 17.5. The van der Waals surface area contributed by atoms with E-state index in [0.29, 0.717) is 32.1 Å². The van der Waals surface area contributed by atoms with E-state index in [9.17, 15) is 13.2 Å². The molecule has 26 heavy (non-hydrogen) atoms. The second kappa shape index (κ2) is 7.95. The molecule has 0 aliphatic carbocycles. The number of carbonyl (C=O) groups is 1. The number of anilines is 1. The van der Waals surface area contributed by atoms with E-state index in [0.717, 1.165) is 6.20 Å². The molecular weight excluding hydrogens is 384 g/mol. The number of ether oxygens (including phenoxy) is 2. The lowest BCUT2D eigenvalue weighted by Gasteiger charge is -2.34. The van der Waals surface area contributed by atoms with Crippen molar-refractivity contribution in [2.24, 2.45) is 5.14 Å². The fourth-order valence-electron chi connectivity index (χ4n) is 2.25. The highest BCUT2D eigenvalue weighted by Crippen LogP contribution is 2.22. The van der Waals surface area contributed by atoms with E-state index in [2.05, 4.69) is 10.3 Å². The molecule has 1 fully saturated rings. The maximum absolute atomic E-state index is 12.1. The third-order valence-electron chi connectivity index (χ3n) is 3.43. The normalized spacial score (nSPS) is 18.5. The van der Waals surface area contributed by atoms with Crippen LogP contribution in [0.5, 0.6) is 0 Å². The summed E-state index contributed by atoms with van der Waals surface area (Å²) in [5.74, 6) is 0.303. The molecule has 0 aromatic carbocycles. The van der Waals surface area contributed by atoms with E-state index >= 15 is 0 Å². The number of hydrogen-bond acceptors (Lipinski definition) is 7. The largest absolute Gasteiger partial charge is 0.444 e. The molecule has 1 saturated heterocycles. The minimum atomic E-state index is -3.87. The molecule has 0 unspecified atom stereocenters. The molecule has 146 valence electrons. The highest BCUT2D eigenvalue weighted by Gasteiger charge is 2.28. The van der Waals surface area contributed by atoms with Crippen LogP contribution in [-0.4, -0.2) is 62.3 Å². The van der Waals surface area contributed by atoms with Crippen LogP contribution in [0.15, 0.2) is 17.2 Å². The molecule has 2 heterocycles. The van der Waals surface area contributed by atoms with E-state index in [4.69, 9.17) is 26.2 Å². The minimum Gasteiger partial charge on any atom is -0.444 e. The minimum absolute atomic E-state index is 0.122. The number of sulfonamides is 1. The van der Waals surface area contributed by atoms with Gasteiger partial charge in [0.05, 0.1) is 24.3 Å². The Morgan fingerprint density at radius 3 is 2.81 bits per heavy atom. The van der Waals surface area contributed by atoms with Crippen LogP contribution in [-0.2, 0) is 19.5 Å². The van der Waals surface area contributed by atoms with Crippen LogP contribution in [0, 0.1) is 0 Å². The van der Waals surface area contributed by atoms with Crippen molar-refractivity contribution >= 4 is 33.5 Å². The van der Waals surface area contributed by atoms with Crippen LogP contribution >= 0.6 is 11.6 Å². The van der Waals surface area contributed by atoms with Gasteiger partial charge in [0.1, 0.15) is 16.3 Å². The molecule has 0 spiro atoms. The Bertz CT molecular complexity index is 766. The lowest BCUT2D eigenvalue weighted by Crippen LogP contribution is -2.49. The number of nitrogens with zero attached hydrogens (tertiary/aromatic N) is 2. The molecule has 1 aliphatic rings. The molecule has 0 radical (unpaired) electrons. The first kappa shape index (κ1) is 20.7. The molecule has 1 atom stereocenters. The summed E-state index contributed by atoms with van der Waals surface area (Å²) in [6.07, 6.45) is 0.449. The first-order chi connectivity index (χ1) is 12.0. The first-order valence-corrected chi connectivity index (χ1v) is 9.90. The number of nitrogens with two attached hydrogens (primary N) is 1. The van der Waals surface area contributed by atoms with Gasteiger partial charge in [-0.15, -0.1) is 0 Å². The van der Waals surface area contributed by atoms with Crippen molar-refractivity contribution in [2.75, 3.05) is 31.6 Å². The Morgan fingerprint density at radius 1 is 1.54 bits per heavy atom. The van der Waals surface area contributed by atoms with Crippen molar-refractivity contribution in [1.82, 2.24) is 9.88 Å². The van der Waals surface area contributed by atoms with Gasteiger partial charge >= 0.3 is 6.09 Å². The van der Waals surface area contributed by atoms with Gasteiger partial charge in [-0.05, 0) is 26.8 Å². The predicted octanol–water partition coefficient (Wildman–Crippen LogP) is 1.43. The van der Waals surface area contributed by atoms with Crippen LogP contribution in [0.4, 0.5) is 10.6 Å². The summed E-state index contributed by atoms with van der Waals surface area (Å²) < 4.78 is 33.6. The lowest BCUT2D eigenvalue weighted by atomic mass is 10.2. The molecule has 0 bridgehead atoms. The molecule has 2 rings (SSSR count). The lowest BCUT2D eigenvalue weighted by molar-refractivity contribution is -0.0371. The monoisotopic (exact) mass is 406 g/mol.